The van der Waals surface area contributed by atoms with E-state index in [-0.39, 0.29) is 18.4 Å². The van der Waals surface area contributed by atoms with E-state index in [2.05, 4.69) is 15.4 Å². The Bertz CT molecular complexity index is 439. The van der Waals surface area contributed by atoms with Gasteiger partial charge in [-0.2, -0.15) is 4.98 Å². The van der Waals surface area contributed by atoms with Gasteiger partial charge in [0, 0.05) is 20.1 Å². The Morgan fingerprint density at radius 1 is 1.53 bits per heavy atom. The predicted octanol–water partition coefficient (Wildman–Crippen LogP) is -0.306. The highest BCUT2D eigenvalue weighted by Crippen LogP contribution is 2.24. The number of halogens is 1. The Hall–Kier alpha value is -1.60. The molecule has 1 amide bonds. The standard InChI is InChI=1S/C9H13ClN6O/c1-15-2-3-16(5-7(15)17)8-6(10)4-12-9(13-8)14-11/h4H,2-3,5,11H2,1H3,(H,12,13,14). The zero-order valence-corrected chi connectivity index (χ0v) is 10.1. The molecule has 1 aromatic heterocycles. The number of rotatable bonds is 2. The van der Waals surface area contributed by atoms with E-state index >= 15 is 0 Å². The molecule has 17 heavy (non-hydrogen) atoms. The Labute approximate surface area is 104 Å². The Morgan fingerprint density at radius 2 is 2.29 bits per heavy atom. The summed E-state index contributed by atoms with van der Waals surface area (Å²) in [6.07, 6.45) is 1.46. The molecule has 1 saturated heterocycles. The number of hydrogen-bond donors (Lipinski definition) is 2. The predicted molar refractivity (Wildman–Crippen MR) is 64.7 cm³/mol. The fourth-order valence-electron chi connectivity index (χ4n) is 1.59. The second kappa shape index (κ2) is 4.72. The molecule has 1 aliphatic rings. The highest BCUT2D eigenvalue weighted by molar-refractivity contribution is 6.32. The van der Waals surface area contributed by atoms with Crippen molar-refractivity contribution in [2.75, 3.05) is 37.0 Å². The number of nitrogens with one attached hydrogen (secondary N) is 1. The summed E-state index contributed by atoms with van der Waals surface area (Å²) < 4.78 is 0. The average Bonchev–Trinajstić information content (AvgIpc) is 2.33. The molecule has 0 aliphatic carbocycles. The molecule has 0 atom stereocenters. The van der Waals surface area contributed by atoms with E-state index < -0.39 is 0 Å². The molecule has 0 bridgehead atoms. The summed E-state index contributed by atoms with van der Waals surface area (Å²) in [5.74, 6) is 6.07. The lowest BCUT2D eigenvalue weighted by Crippen LogP contribution is -2.49. The van der Waals surface area contributed by atoms with E-state index in [9.17, 15) is 4.79 Å². The van der Waals surface area contributed by atoms with Crippen LogP contribution in [0.25, 0.3) is 0 Å². The van der Waals surface area contributed by atoms with Gasteiger partial charge in [-0.15, -0.1) is 0 Å². The van der Waals surface area contributed by atoms with Gasteiger partial charge in [0.2, 0.25) is 11.9 Å². The van der Waals surface area contributed by atoms with Gasteiger partial charge in [-0.25, -0.2) is 10.8 Å². The summed E-state index contributed by atoms with van der Waals surface area (Å²) in [5, 5.41) is 0.404. The lowest BCUT2D eigenvalue weighted by atomic mass is 10.3. The SMILES string of the molecule is CN1CCN(c2nc(NN)ncc2Cl)CC1=O. The van der Waals surface area contributed by atoms with Crippen molar-refractivity contribution in [2.24, 2.45) is 5.84 Å². The van der Waals surface area contributed by atoms with Crippen LogP contribution >= 0.6 is 11.6 Å². The molecule has 0 unspecified atom stereocenters. The molecule has 92 valence electrons. The van der Waals surface area contributed by atoms with Crippen LogP contribution in [-0.4, -0.2) is 47.5 Å². The molecule has 1 aliphatic heterocycles. The third-order valence-corrected chi connectivity index (χ3v) is 2.88. The summed E-state index contributed by atoms with van der Waals surface area (Å²) in [4.78, 5) is 23.1. The topological polar surface area (TPSA) is 87.4 Å². The van der Waals surface area contributed by atoms with Crippen LogP contribution in [0.2, 0.25) is 5.02 Å². The van der Waals surface area contributed by atoms with Crippen LogP contribution in [0, 0.1) is 0 Å². The number of aromatic nitrogens is 2. The van der Waals surface area contributed by atoms with Gasteiger partial charge in [0.1, 0.15) is 5.02 Å². The normalized spacial score (nSPS) is 16.3. The number of carbonyl (C=O) groups is 1. The van der Waals surface area contributed by atoms with Crippen molar-refractivity contribution in [3.8, 4) is 0 Å². The molecule has 2 heterocycles. The van der Waals surface area contributed by atoms with Crippen LogP contribution in [0.3, 0.4) is 0 Å². The molecule has 3 N–H and O–H groups in total. The van der Waals surface area contributed by atoms with Crippen molar-refractivity contribution in [3.63, 3.8) is 0 Å². The number of amides is 1. The van der Waals surface area contributed by atoms with Gasteiger partial charge in [-0.3, -0.25) is 10.2 Å². The monoisotopic (exact) mass is 256 g/mol. The lowest BCUT2D eigenvalue weighted by Gasteiger charge is -2.33. The van der Waals surface area contributed by atoms with Crippen molar-refractivity contribution < 1.29 is 4.79 Å². The molecule has 8 heteroatoms. The van der Waals surface area contributed by atoms with Crippen LogP contribution in [0.15, 0.2) is 6.20 Å². The number of nitrogens with zero attached hydrogens (tertiary/aromatic N) is 4. The minimum absolute atomic E-state index is 0.0354. The largest absolute Gasteiger partial charge is 0.344 e. The van der Waals surface area contributed by atoms with Crippen molar-refractivity contribution in [2.45, 2.75) is 0 Å². The maximum atomic E-state index is 11.6. The highest BCUT2D eigenvalue weighted by Gasteiger charge is 2.23. The molecule has 2 rings (SSSR count). The smallest absolute Gasteiger partial charge is 0.241 e. The van der Waals surface area contributed by atoms with E-state index in [1.165, 1.54) is 6.20 Å². The summed E-state index contributed by atoms with van der Waals surface area (Å²) in [5.41, 5.74) is 2.35. The number of likely N-dealkylation sites (N-methyl/N-ethyl adjacent to an activating group) is 1. The van der Waals surface area contributed by atoms with Crippen LogP contribution in [0.4, 0.5) is 11.8 Å². The summed E-state index contributed by atoms with van der Waals surface area (Å²) in [6.45, 7) is 1.59. The van der Waals surface area contributed by atoms with Crippen LogP contribution in [0.1, 0.15) is 0 Å². The second-order valence-electron chi connectivity index (χ2n) is 3.75. The zero-order valence-electron chi connectivity index (χ0n) is 9.35. The average molecular weight is 257 g/mol. The van der Waals surface area contributed by atoms with Crippen molar-refractivity contribution in [1.29, 1.82) is 0 Å². The third-order valence-electron chi connectivity index (χ3n) is 2.61. The summed E-state index contributed by atoms with van der Waals surface area (Å²) >= 11 is 6.01. The number of hydrogen-bond acceptors (Lipinski definition) is 6. The number of carbonyl (C=O) groups excluding carboxylic acids is 1. The van der Waals surface area contributed by atoms with Gasteiger partial charge < -0.3 is 9.80 Å². The van der Waals surface area contributed by atoms with E-state index in [0.29, 0.717) is 23.9 Å². The zero-order chi connectivity index (χ0) is 12.4. The molecule has 1 fully saturated rings. The summed E-state index contributed by atoms with van der Waals surface area (Å²) in [7, 11) is 1.77. The molecule has 0 aromatic carbocycles. The quantitative estimate of drug-likeness (QED) is 0.558. The van der Waals surface area contributed by atoms with E-state index in [1.807, 2.05) is 4.90 Å². The Balaban J connectivity index is 2.24. The van der Waals surface area contributed by atoms with Gasteiger partial charge in [0.05, 0.1) is 12.7 Å². The first-order chi connectivity index (χ1) is 8.11. The van der Waals surface area contributed by atoms with Crippen LogP contribution in [0.5, 0.6) is 0 Å². The lowest BCUT2D eigenvalue weighted by molar-refractivity contribution is -0.129. The van der Waals surface area contributed by atoms with Crippen molar-refractivity contribution in [1.82, 2.24) is 14.9 Å². The van der Waals surface area contributed by atoms with Crippen molar-refractivity contribution >= 4 is 29.3 Å². The minimum Gasteiger partial charge on any atom is -0.344 e. The fourth-order valence-corrected chi connectivity index (χ4v) is 1.80. The van der Waals surface area contributed by atoms with Gasteiger partial charge in [0.15, 0.2) is 5.82 Å². The minimum atomic E-state index is 0.0354. The maximum Gasteiger partial charge on any atom is 0.241 e. The van der Waals surface area contributed by atoms with Gasteiger partial charge >= 0.3 is 0 Å². The molecule has 0 spiro atoms. The van der Waals surface area contributed by atoms with Crippen molar-refractivity contribution in [3.05, 3.63) is 11.2 Å². The highest BCUT2D eigenvalue weighted by atomic mass is 35.5. The van der Waals surface area contributed by atoms with Gasteiger partial charge in [-0.05, 0) is 0 Å². The Kier molecular flexibility index (Phi) is 3.30. The maximum absolute atomic E-state index is 11.6. The third kappa shape index (κ3) is 2.40. The van der Waals surface area contributed by atoms with E-state index in [4.69, 9.17) is 17.4 Å². The fraction of sp³-hybridized carbons (Fsp3) is 0.444. The van der Waals surface area contributed by atoms with Gasteiger partial charge in [0.25, 0.3) is 0 Å². The first kappa shape index (κ1) is 11.9. The molecule has 0 radical (unpaired) electrons. The van der Waals surface area contributed by atoms with Crippen LogP contribution in [-0.2, 0) is 4.79 Å². The second-order valence-corrected chi connectivity index (χ2v) is 4.15. The van der Waals surface area contributed by atoms with E-state index in [0.717, 1.165) is 0 Å². The molecular weight excluding hydrogens is 244 g/mol. The first-order valence-electron chi connectivity index (χ1n) is 5.10. The first-order valence-corrected chi connectivity index (χ1v) is 5.47. The number of nitrogens with two attached hydrogens (primary N) is 1. The molecule has 7 nitrogen and oxygen atoms in total. The van der Waals surface area contributed by atoms with Crippen LogP contribution < -0.4 is 16.2 Å². The molecular formula is C9H13ClN6O. The number of nitrogen functional groups attached to an aromatic ring is 1. The van der Waals surface area contributed by atoms with Gasteiger partial charge in [-0.1, -0.05) is 11.6 Å². The number of hydrazine groups is 1. The molecule has 0 saturated carbocycles. The molecule has 1 aromatic rings. The number of piperazine rings is 1. The Morgan fingerprint density at radius 3 is 2.94 bits per heavy atom. The number of anilines is 2. The van der Waals surface area contributed by atoms with E-state index in [1.54, 1.807) is 11.9 Å². The summed E-state index contributed by atoms with van der Waals surface area (Å²) in [6, 6.07) is 0.